The zero-order valence-electron chi connectivity index (χ0n) is 26.8. The predicted molar refractivity (Wildman–Crippen MR) is 186 cm³/mol. The van der Waals surface area contributed by atoms with E-state index in [1.165, 1.54) is 47.1 Å². The molecule has 3 unspecified atom stereocenters. The first-order valence-corrected chi connectivity index (χ1v) is 15.2. The van der Waals surface area contributed by atoms with E-state index in [-0.39, 0.29) is 29.9 Å². The Morgan fingerprint density at radius 3 is 1.95 bits per heavy atom. The van der Waals surface area contributed by atoms with Crippen LogP contribution in [0.3, 0.4) is 0 Å². The molecule has 1 saturated carbocycles. The van der Waals surface area contributed by atoms with Crippen molar-refractivity contribution in [3.8, 4) is 6.07 Å². The van der Waals surface area contributed by atoms with Crippen molar-refractivity contribution >= 4 is 29.8 Å². The van der Waals surface area contributed by atoms with Gasteiger partial charge in [-0.25, -0.2) is 0 Å². The van der Waals surface area contributed by atoms with Crippen LogP contribution in [0.5, 0.6) is 0 Å². The van der Waals surface area contributed by atoms with Crippen LogP contribution < -0.4 is 0 Å². The van der Waals surface area contributed by atoms with Crippen LogP contribution in [-0.2, 0) is 11.2 Å². The fraction of sp³-hybridized carbons (Fsp3) is 0.514. The molecule has 0 saturated heterocycles. The van der Waals surface area contributed by atoms with Crippen molar-refractivity contribution in [1.82, 2.24) is 0 Å². The summed E-state index contributed by atoms with van der Waals surface area (Å²) in [5, 5.41) is 7.62. The van der Waals surface area contributed by atoms with Gasteiger partial charge in [0.15, 0.2) is 0 Å². The monoisotopic (exact) mass is 657 g/mol. The molecule has 40 heavy (non-hydrogen) atoms. The van der Waals surface area contributed by atoms with Gasteiger partial charge in [0.2, 0.25) is 0 Å². The standard InChI is InChI=1S/C22H26O.C8H12.C3H5N.2C2H6.HI/c1-16-12-17(2)14-18(13-16)15-22(23)21-11-7-6-10-20(21)19-8-4-3-5-9-19;1-7-5-3-4-6-8(7)2;1-2-3-4;2*1-2;/h3-5,8-9,12-14,20-21H,6-7,10-11,15H2,1-2H3;3-5,8H,6H2,1-2H3;2H2,1H3;2*1-2H3;1H. The molecule has 0 spiro atoms. The Morgan fingerprint density at radius 2 is 1.48 bits per heavy atom. The van der Waals surface area contributed by atoms with Crippen molar-refractivity contribution in [2.24, 2.45) is 11.8 Å². The topological polar surface area (TPSA) is 40.9 Å². The van der Waals surface area contributed by atoms with Gasteiger partial charge < -0.3 is 0 Å². The minimum Gasteiger partial charge on any atom is -0.299 e. The molecule has 2 aromatic rings. The number of Topliss-reactive ketones (excluding diaryl/α,β-unsaturated/α-hetero) is 1. The third-order valence-corrected chi connectivity index (χ3v) is 6.99. The van der Waals surface area contributed by atoms with Crippen LogP contribution in [0.4, 0.5) is 0 Å². The SMILES string of the molecule is CC.CC.CC1=CC=CCC1C.CCC#N.Cc1cc(C)cc(CC(=O)C2CCCCC2c2ccccc2)c1.I. The molecule has 0 heterocycles. The zero-order valence-corrected chi connectivity index (χ0v) is 29.1. The molecular weight excluding hydrogens is 601 g/mol. The van der Waals surface area contributed by atoms with E-state index < -0.39 is 0 Å². The van der Waals surface area contributed by atoms with E-state index >= 15 is 0 Å². The Labute approximate surface area is 264 Å². The van der Waals surface area contributed by atoms with E-state index in [0.29, 0.717) is 24.5 Å². The Bertz CT molecular complexity index is 1010. The van der Waals surface area contributed by atoms with E-state index in [1.807, 2.05) is 40.7 Å². The third-order valence-electron chi connectivity index (χ3n) is 6.99. The molecule has 222 valence electrons. The highest BCUT2D eigenvalue weighted by Gasteiger charge is 2.31. The first-order chi connectivity index (χ1) is 18.8. The van der Waals surface area contributed by atoms with E-state index in [0.717, 1.165) is 18.8 Å². The number of ketones is 1. The molecule has 4 rings (SSSR count). The van der Waals surface area contributed by atoms with E-state index in [4.69, 9.17) is 5.26 Å². The number of nitriles is 1. The van der Waals surface area contributed by atoms with Crippen LogP contribution in [-0.4, -0.2) is 5.78 Å². The summed E-state index contributed by atoms with van der Waals surface area (Å²) in [6, 6.07) is 19.0. The molecule has 0 amide bonds. The molecule has 3 atom stereocenters. The summed E-state index contributed by atoms with van der Waals surface area (Å²) in [4.78, 5) is 13.0. The van der Waals surface area contributed by atoms with Gasteiger partial charge in [-0.05, 0) is 63.0 Å². The highest BCUT2D eigenvalue weighted by molar-refractivity contribution is 14.0. The highest BCUT2D eigenvalue weighted by Crippen LogP contribution is 2.38. The van der Waals surface area contributed by atoms with Crippen LogP contribution in [0, 0.1) is 37.0 Å². The quantitative estimate of drug-likeness (QED) is 0.307. The lowest BCUT2D eigenvalue weighted by Gasteiger charge is -2.31. The van der Waals surface area contributed by atoms with Crippen molar-refractivity contribution in [2.75, 3.05) is 0 Å². The lowest BCUT2D eigenvalue weighted by Crippen LogP contribution is -2.27. The summed E-state index contributed by atoms with van der Waals surface area (Å²) in [5.74, 6) is 1.79. The van der Waals surface area contributed by atoms with Gasteiger partial charge in [0.1, 0.15) is 5.78 Å². The van der Waals surface area contributed by atoms with Crippen molar-refractivity contribution in [3.63, 3.8) is 0 Å². The van der Waals surface area contributed by atoms with Crippen LogP contribution in [0.25, 0.3) is 0 Å². The highest BCUT2D eigenvalue weighted by atomic mass is 127. The van der Waals surface area contributed by atoms with E-state index in [9.17, 15) is 4.79 Å². The Balaban J connectivity index is 0. The molecule has 3 heteroatoms. The van der Waals surface area contributed by atoms with Gasteiger partial charge in [0.25, 0.3) is 0 Å². The fourth-order valence-electron chi connectivity index (χ4n) is 4.97. The number of nitrogens with zero attached hydrogens (tertiary/aromatic N) is 1. The lowest BCUT2D eigenvalue weighted by molar-refractivity contribution is -0.123. The van der Waals surface area contributed by atoms with Crippen LogP contribution in [0.15, 0.2) is 72.3 Å². The maximum atomic E-state index is 13.0. The molecule has 0 bridgehead atoms. The minimum absolute atomic E-state index is 0. The predicted octanol–water partition coefficient (Wildman–Crippen LogP) is 11.5. The molecule has 0 N–H and O–H groups in total. The first-order valence-electron chi connectivity index (χ1n) is 15.2. The summed E-state index contributed by atoms with van der Waals surface area (Å²) in [6.45, 7) is 18.5. The van der Waals surface area contributed by atoms with Crippen molar-refractivity contribution in [1.29, 1.82) is 5.26 Å². The average molecular weight is 658 g/mol. The van der Waals surface area contributed by atoms with Gasteiger partial charge in [0, 0.05) is 18.8 Å². The number of carbonyl (C=O) groups excluding carboxylic acids is 1. The fourth-order valence-corrected chi connectivity index (χ4v) is 4.97. The third kappa shape index (κ3) is 15.6. The zero-order chi connectivity index (χ0) is 29.6. The second-order valence-corrected chi connectivity index (χ2v) is 10.0. The largest absolute Gasteiger partial charge is 0.299 e. The number of halogens is 1. The molecule has 1 fully saturated rings. The average Bonchev–Trinajstić information content (AvgIpc) is 2.97. The summed E-state index contributed by atoms with van der Waals surface area (Å²) < 4.78 is 0. The number of benzene rings is 2. The maximum Gasteiger partial charge on any atom is 0.140 e. The lowest BCUT2D eigenvalue weighted by atomic mass is 9.72. The van der Waals surface area contributed by atoms with Crippen molar-refractivity contribution in [2.45, 2.75) is 113 Å². The van der Waals surface area contributed by atoms with Gasteiger partial charge >= 0.3 is 0 Å². The molecule has 2 nitrogen and oxygen atoms in total. The number of hydrogen-bond acceptors (Lipinski definition) is 2. The summed E-state index contributed by atoms with van der Waals surface area (Å²) >= 11 is 0. The smallest absolute Gasteiger partial charge is 0.140 e. The Morgan fingerprint density at radius 1 is 0.925 bits per heavy atom. The molecular formula is C37H56INO. The molecule has 0 aliphatic heterocycles. The molecule has 0 radical (unpaired) electrons. The summed E-state index contributed by atoms with van der Waals surface area (Å²) in [6.07, 6.45) is 13.6. The number of hydrogen-bond donors (Lipinski definition) is 0. The van der Waals surface area contributed by atoms with Crippen molar-refractivity contribution in [3.05, 3.63) is 94.6 Å². The van der Waals surface area contributed by atoms with E-state index in [1.54, 1.807) is 0 Å². The number of aryl methyl sites for hydroxylation is 2. The molecule has 2 aromatic carbocycles. The maximum absolute atomic E-state index is 13.0. The van der Waals surface area contributed by atoms with Crippen LogP contribution in [0.1, 0.15) is 115 Å². The van der Waals surface area contributed by atoms with Gasteiger partial charge in [-0.15, -0.1) is 24.0 Å². The Kier molecular flexibility index (Phi) is 24.6. The first kappa shape index (κ1) is 40.0. The minimum atomic E-state index is 0. The Hall–Kier alpha value is -2.19. The second-order valence-electron chi connectivity index (χ2n) is 10.0. The normalized spacial score (nSPS) is 18.5. The van der Waals surface area contributed by atoms with Crippen molar-refractivity contribution < 1.29 is 4.79 Å². The van der Waals surface area contributed by atoms with E-state index in [2.05, 4.69) is 94.5 Å². The molecule has 0 aromatic heterocycles. The van der Waals surface area contributed by atoms with Gasteiger partial charge in [-0.2, -0.15) is 5.26 Å². The summed E-state index contributed by atoms with van der Waals surface area (Å²) in [5.41, 5.74) is 6.51. The van der Waals surface area contributed by atoms with Gasteiger partial charge in [-0.3, -0.25) is 4.79 Å². The van der Waals surface area contributed by atoms with Gasteiger partial charge in [-0.1, -0.05) is 138 Å². The summed E-state index contributed by atoms with van der Waals surface area (Å²) in [7, 11) is 0. The van der Waals surface area contributed by atoms with Gasteiger partial charge in [0.05, 0.1) is 6.07 Å². The van der Waals surface area contributed by atoms with Crippen LogP contribution in [0.2, 0.25) is 0 Å². The number of allylic oxidation sites excluding steroid dienone is 4. The number of carbonyl (C=O) groups is 1. The number of rotatable bonds is 4. The van der Waals surface area contributed by atoms with Crippen LogP contribution >= 0.6 is 24.0 Å². The molecule has 2 aliphatic carbocycles. The second kappa shape index (κ2) is 24.6. The molecule has 2 aliphatic rings.